The van der Waals surface area contributed by atoms with Crippen molar-refractivity contribution in [3.8, 4) is 17.1 Å². The lowest BCUT2D eigenvalue weighted by Gasteiger charge is -2.05. The Kier molecular flexibility index (Phi) is 2.33. The highest BCUT2D eigenvalue weighted by Crippen LogP contribution is 2.33. The number of aryl methyl sites for hydroxylation is 1. The van der Waals surface area contributed by atoms with Crippen molar-refractivity contribution in [1.29, 1.82) is 0 Å². The summed E-state index contributed by atoms with van der Waals surface area (Å²) in [6, 6.07) is 1.81. The highest BCUT2D eigenvalue weighted by atomic mass is 35.5. The Morgan fingerprint density at radius 1 is 1.41 bits per heavy atom. The topological polar surface area (TPSA) is 39.9 Å². The van der Waals surface area contributed by atoms with Crippen molar-refractivity contribution in [3.05, 3.63) is 28.8 Å². The summed E-state index contributed by atoms with van der Waals surface area (Å²) < 4.78 is 7.82. The van der Waals surface area contributed by atoms with Crippen molar-refractivity contribution in [2.24, 2.45) is 0 Å². The van der Waals surface area contributed by atoms with Gasteiger partial charge in [-0.05, 0) is 19.9 Å². The molecule has 0 fully saturated rings. The fraction of sp³-hybridized carbons (Fsp3) is 0.333. The molecule has 0 N–H and O–H groups in total. The Balaban J connectivity index is 2.30. The van der Waals surface area contributed by atoms with Crippen LogP contribution in [0.1, 0.15) is 11.4 Å². The van der Waals surface area contributed by atoms with E-state index in [1.54, 1.807) is 12.3 Å². The molecule has 0 spiro atoms. The van der Waals surface area contributed by atoms with Gasteiger partial charge in [-0.3, -0.25) is 0 Å². The molecule has 0 atom stereocenters. The maximum absolute atomic E-state index is 5.94. The minimum atomic E-state index is 0.458. The molecule has 1 aliphatic heterocycles. The van der Waals surface area contributed by atoms with E-state index in [-0.39, 0.29) is 0 Å². The molecule has 1 aliphatic rings. The van der Waals surface area contributed by atoms with E-state index in [2.05, 4.69) is 21.5 Å². The van der Waals surface area contributed by atoms with Crippen LogP contribution in [-0.2, 0) is 6.54 Å². The Bertz CT molecular complexity index is 592. The first kappa shape index (κ1) is 10.6. The van der Waals surface area contributed by atoms with Crippen LogP contribution in [-0.4, -0.2) is 21.1 Å². The number of imidazole rings is 1. The van der Waals surface area contributed by atoms with Crippen LogP contribution >= 0.6 is 11.6 Å². The van der Waals surface area contributed by atoms with Gasteiger partial charge in [0.05, 0.1) is 24.0 Å². The number of pyridine rings is 1. The average molecular weight is 250 g/mol. The van der Waals surface area contributed by atoms with Gasteiger partial charge in [-0.25, -0.2) is 9.97 Å². The van der Waals surface area contributed by atoms with E-state index in [9.17, 15) is 0 Å². The Morgan fingerprint density at radius 2 is 2.24 bits per heavy atom. The Labute approximate surface area is 104 Å². The summed E-state index contributed by atoms with van der Waals surface area (Å²) in [7, 11) is 0. The molecular weight excluding hydrogens is 238 g/mol. The monoisotopic (exact) mass is 249 g/mol. The highest BCUT2D eigenvalue weighted by Gasteiger charge is 2.20. The molecule has 88 valence electrons. The van der Waals surface area contributed by atoms with Crippen LogP contribution in [0.25, 0.3) is 11.4 Å². The minimum Gasteiger partial charge on any atom is -0.489 e. The van der Waals surface area contributed by atoms with Crippen molar-refractivity contribution in [1.82, 2.24) is 14.5 Å². The fourth-order valence-electron chi connectivity index (χ4n) is 2.09. The normalized spacial score (nSPS) is 13.6. The number of nitrogens with zero attached hydrogens (tertiary/aromatic N) is 3. The van der Waals surface area contributed by atoms with Crippen molar-refractivity contribution in [2.45, 2.75) is 20.4 Å². The summed E-state index contributed by atoms with van der Waals surface area (Å²) in [6.45, 7) is 5.51. The van der Waals surface area contributed by atoms with Gasteiger partial charge in [0.15, 0.2) is 0 Å². The van der Waals surface area contributed by atoms with Crippen LogP contribution in [0, 0.1) is 13.8 Å². The summed E-state index contributed by atoms with van der Waals surface area (Å²) in [6.07, 6.45) is 1.66. The van der Waals surface area contributed by atoms with Crippen molar-refractivity contribution in [2.75, 3.05) is 6.61 Å². The summed E-state index contributed by atoms with van der Waals surface area (Å²) >= 11 is 5.94. The number of hydrogen-bond donors (Lipinski definition) is 0. The van der Waals surface area contributed by atoms with E-state index in [0.29, 0.717) is 11.8 Å². The zero-order valence-electron chi connectivity index (χ0n) is 9.70. The second-order valence-electron chi connectivity index (χ2n) is 4.11. The van der Waals surface area contributed by atoms with E-state index in [1.165, 1.54) is 5.69 Å². The van der Waals surface area contributed by atoms with Crippen LogP contribution in [0.2, 0.25) is 5.15 Å². The maximum atomic E-state index is 5.94. The molecule has 5 heteroatoms. The highest BCUT2D eigenvalue weighted by molar-refractivity contribution is 6.29. The molecule has 2 aromatic rings. The molecule has 0 aliphatic carbocycles. The SMILES string of the molecule is Cc1nc2n(c1C)CCOc1cnc(Cl)cc1-2. The first-order chi connectivity index (χ1) is 8.16. The largest absolute Gasteiger partial charge is 0.489 e. The third-order valence-electron chi connectivity index (χ3n) is 3.11. The molecule has 0 bridgehead atoms. The predicted octanol–water partition coefficient (Wildman–Crippen LogP) is 2.61. The van der Waals surface area contributed by atoms with Gasteiger partial charge in [-0.2, -0.15) is 0 Å². The van der Waals surface area contributed by atoms with E-state index in [1.807, 2.05) is 6.92 Å². The second kappa shape index (κ2) is 3.74. The molecule has 0 radical (unpaired) electrons. The number of rotatable bonds is 0. The van der Waals surface area contributed by atoms with Crippen molar-refractivity contribution < 1.29 is 4.74 Å². The lowest BCUT2D eigenvalue weighted by Crippen LogP contribution is -2.07. The van der Waals surface area contributed by atoms with Crippen LogP contribution in [0.4, 0.5) is 0 Å². The van der Waals surface area contributed by atoms with Crippen LogP contribution in [0.3, 0.4) is 0 Å². The molecule has 0 amide bonds. The van der Waals surface area contributed by atoms with Crippen LogP contribution in [0.15, 0.2) is 12.3 Å². The van der Waals surface area contributed by atoms with E-state index >= 15 is 0 Å². The van der Waals surface area contributed by atoms with Gasteiger partial charge in [-0.15, -0.1) is 0 Å². The zero-order chi connectivity index (χ0) is 12.0. The molecule has 3 heterocycles. The van der Waals surface area contributed by atoms with E-state index in [0.717, 1.165) is 29.4 Å². The molecule has 4 nitrogen and oxygen atoms in total. The number of hydrogen-bond acceptors (Lipinski definition) is 3. The van der Waals surface area contributed by atoms with Crippen molar-refractivity contribution in [3.63, 3.8) is 0 Å². The molecule has 0 unspecified atom stereocenters. The quantitative estimate of drug-likeness (QED) is 0.674. The summed E-state index contributed by atoms with van der Waals surface area (Å²) in [5.41, 5.74) is 3.13. The predicted molar refractivity (Wildman–Crippen MR) is 65.4 cm³/mol. The summed E-state index contributed by atoms with van der Waals surface area (Å²) in [4.78, 5) is 8.63. The number of fused-ring (bicyclic) bond motifs is 3. The van der Waals surface area contributed by atoms with Gasteiger partial charge in [0.1, 0.15) is 23.3 Å². The lowest BCUT2D eigenvalue weighted by molar-refractivity contribution is 0.304. The van der Waals surface area contributed by atoms with E-state index in [4.69, 9.17) is 16.3 Å². The maximum Gasteiger partial charge on any atom is 0.148 e. The first-order valence-corrected chi connectivity index (χ1v) is 5.87. The molecule has 0 saturated carbocycles. The molecule has 0 aromatic carbocycles. The van der Waals surface area contributed by atoms with Gasteiger partial charge in [0.2, 0.25) is 0 Å². The Morgan fingerprint density at radius 3 is 3.06 bits per heavy atom. The van der Waals surface area contributed by atoms with Crippen molar-refractivity contribution >= 4 is 11.6 Å². The van der Waals surface area contributed by atoms with Gasteiger partial charge in [0, 0.05) is 5.69 Å². The molecule has 3 rings (SSSR count). The van der Waals surface area contributed by atoms with E-state index < -0.39 is 0 Å². The fourth-order valence-corrected chi connectivity index (χ4v) is 2.25. The molecular formula is C12H12ClN3O. The van der Waals surface area contributed by atoms with Gasteiger partial charge < -0.3 is 9.30 Å². The average Bonchev–Trinajstić information content (AvgIpc) is 2.49. The molecule has 17 heavy (non-hydrogen) atoms. The second-order valence-corrected chi connectivity index (χ2v) is 4.50. The summed E-state index contributed by atoms with van der Waals surface area (Å²) in [5, 5.41) is 0.458. The van der Waals surface area contributed by atoms with Gasteiger partial charge >= 0.3 is 0 Å². The molecule has 0 saturated heterocycles. The number of aromatic nitrogens is 3. The first-order valence-electron chi connectivity index (χ1n) is 5.49. The number of halogens is 1. The third kappa shape index (κ3) is 1.60. The van der Waals surface area contributed by atoms with Crippen LogP contribution < -0.4 is 4.74 Å². The third-order valence-corrected chi connectivity index (χ3v) is 3.31. The lowest BCUT2D eigenvalue weighted by atomic mass is 10.2. The van der Waals surface area contributed by atoms with Gasteiger partial charge in [-0.1, -0.05) is 11.6 Å². The summed E-state index contributed by atoms with van der Waals surface area (Å²) in [5.74, 6) is 1.66. The molecule has 2 aromatic heterocycles. The number of ether oxygens (including phenoxy) is 1. The standard InChI is InChI=1S/C12H12ClN3O/c1-7-8(2)16-3-4-17-10-6-14-11(13)5-9(10)12(16)15-7/h5-6H,3-4H2,1-2H3. The minimum absolute atomic E-state index is 0.458. The Hall–Kier alpha value is -1.55. The smallest absolute Gasteiger partial charge is 0.148 e. The van der Waals surface area contributed by atoms with Crippen LogP contribution in [0.5, 0.6) is 5.75 Å². The zero-order valence-corrected chi connectivity index (χ0v) is 10.5. The van der Waals surface area contributed by atoms with Gasteiger partial charge in [0.25, 0.3) is 0 Å².